The number of unbranched alkanes of at least 4 members (excludes halogenated alkanes) is 4. The molecule has 0 atom stereocenters. The summed E-state index contributed by atoms with van der Waals surface area (Å²) in [6, 6.07) is 6.50. The number of fused-ring (bicyclic) bond motifs is 1. The lowest BCUT2D eigenvalue weighted by molar-refractivity contribution is 0.552. The Hall–Kier alpha value is -0.940. The second kappa shape index (κ2) is 7.75. The predicted molar refractivity (Wildman–Crippen MR) is 99.9 cm³/mol. The van der Waals surface area contributed by atoms with Crippen molar-refractivity contribution in [2.24, 2.45) is 0 Å². The maximum atomic E-state index is 12.0. The quantitative estimate of drug-likeness (QED) is 0.627. The Labute approximate surface area is 144 Å². The van der Waals surface area contributed by atoms with Crippen LogP contribution in [0.4, 0.5) is 0 Å². The van der Waals surface area contributed by atoms with Gasteiger partial charge in [-0.25, -0.2) is 13.4 Å². The van der Waals surface area contributed by atoms with Gasteiger partial charge in [-0.15, -0.1) is 11.3 Å². The van der Waals surface area contributed by atoms with Crippen LogP contribution in [0.15, 0.2) is 23.7 Å². The van der Waals surface area contributed by atoms with Crippen molar-refractivity contribution in [2.45, 2.75) is 64.0 Å². The minimum Gasteiger partial charge on any atom is -0.245 e. The third-order valence-electron chi connectivity index (χ3n) is 4.21. The summed E-state index contributed by atoms with van der Waals surface area (Å²) < 4.78 is 24.6. The van der Waals surface area contributed by atoms with E-state index in [9.17, 15) is 8.42 Å². The summed E-state index contributed by atoms with van der Waals surface area (Å²) in [6.07, 6.45) is 6.32. The standard InChI is InChI=1S/C18H27NO2S2/c1-18(2,3)23(20,21)12-8-6-4-5-7-9-15-10-11-16-17(13-15)22-14-19-16/h10-11,13-14H,4-9,12H2,1-3H3. The van der Waals surface area contributed by atoms with Crippen molar-refractivity contribution in [1.82, 2.24) is 4.98 Å². The van der Waals surface area contributed by atoms with Crippen LogP contribution in [0.1, 0.15) is 58.4 Å². The van der Waals surface area contributed by atoms with E-state index in [4.69, 9.17) is 0 Å². The average molecular weight is 354 g/mol. The molecule has 0 amide bonds. The zero-order chi connectivity index (χ0) is 16.9. The zero-order valence-corrected chi connectivity index (χ0v) is 16.0. The molecule has 3 nitrogen and oxygen atoms in total. The molecule has 23 heavy (non-hydrogen) atoms. The van der Waals surface area contributed by atoms with Gasteiger partial charge in [0.25, 0.3) is 0 Å². The van der Waals surface area contributed by atoms with Gasteiger partial charge < -0.3 is 0 Å². The molecule has 5 heteroatoms. The lowest BCUT2D eigenvalue weighted by Crippen LogP contribution is -2.30. The molecule has 0 aliphatic heterocycles. The van der Waals surface area contributed by atoms with Crippen LogP contribution in [0.3, 0.4) is 0 Å². The molecule has 0 aliphatic carbocycles. The van der Waals surface area contributed by atoms with Crippen molar-refractivity contribution in [3.63, 3.8) is 0 Å². The van der Waals surface area contributed by atoms with Gasteiger partial charge in [0.15, 0.2) is 9.84 Å². The van der Waals surface area contributed by atoms with Crippen molar-refractivity contribution >= 4 is 31.4 Å². The Morgan fingerprint density at radius 2 is 1.74 bits per heavy atom. The van der Waals surface area contributed by atoms with E-state index >= 15 is 0 Å². The van der Waals surface area contributed by atoms with E-state index in [0.29, 0.717) is 5.75 Å². The molecule has 2 rings (SSSR count). The fourth-order valence-corrected chi connectivity index (χ4v) is 4.45. The SMILES string of the molecule is CC(C)(C)S(=O)(=O)CCCCCCCc1ccc2ncsc2c1. The maximum absolute atomic E-state index is 12.0. The predicted octanol–water partition coefficient (Wildman–Crippen LogP) is 5.00. The van der Waals surface area contributed by atoms with Crippen LogP contribution in [0.25, 0.3) is 10.2 Å². The second-order valence-electron chi connectivity index (χ2n) is 7.10. The maximum Gasteiger partial charge on any atom is 0.155 e. The smallest absolute Gasteiger partial charge is 0.155 e. The van der Waals surface area contributed by atoms with Crippen LogP contribution < -0.4 is 0 Å². The van der Waals surface area contributed by atoms with Gasteiger partial charge in [-0.1, -0.05) is 25.3 Å². The molecule has 0 N–H and O–H groups in total. The molecule has 1 aromatic heterocycles. The summed E-state index contributed by atoms with van der Waals surface area (Å²) >= 11 is 1.69. The summed E-state index contributed by atoms with van der Waals surface area (Å²) in [6.45, 7) is 5.34. The number of benzene rings is 1. The number of nitrogens with zero attached hydrogens (tertiary/aromatic N) is 1. The Kier molecular flexibility index (Phi) is 6.20. The number of rotatable bonds is 8. The number of hydrogen-bond donors (Lipinski definition) is 0. The lowest BCUT2D eigenvalue weighted by Gasteiger charge is -2.18. The molecule has 128 valence electrons. The molecule has 1 heterocycles. The highest BCUT2D eigenvalue weighted by molar-refractivity contribution is 7.92. The third-order valence-corrected chi connectivity index (χ3v) is 7.69. The van der Waals surface area contributed by atoms with Crippen LogP contribution in [0.2, 0.25) is 0 Å². The van der Waals surface area contributed by atoms with Gasteiger partial charge in [0, 0.05) is 0 Å². The van der Waals surface area contributed by atoms with Gasteiger partial charge in [0.1, 0.15) is 0 Å². The first kappa shape index (κ1) is 18.4. The Balaban J connectivity index is 1.63. The number of sulfone groups is 1. The Morgan fingerprint density at radius 3 is 2.48 bits per heavy atom. The van der Waals surface area contributed by atoms with E-state index in [1.165, 1.54) is 10.3 Å². The molecule has 0 aliphatic rings. The van der Waals surface area contributed by atoms with Crippen LogP contribution in [0.5, 0.6) is 0 Å². The summed E-state index contributed by atoms with van der Waals surface area (Å²) in [5.74, 6) is 0.318. The molecule has 0 spiro atoms. The van der Waals surface area contributed by atoms with Crippen molar-refractivity contribution < 1.29 is 8.42 Å². The molecule has 0 saturated carbocycles. The summed E-state index contributed by atoms with van der Waals surface area (Å²) in [5, 5.41) is 0. The van der Waals surface area contributed by atoms with Gasteiger partial charge in [-0.05, 0) is 57.7 Å². The molecule has 0 radical (unpaired) electrons. The number of thiazole rings is 1. The number of hydrogen-bond acceptors (Lipinski definition) is 4. The first-order valence-electron chi connectivity index (χ1n) is 8.34. The highest BCUT2D eigenvalue weighted by Gasteiger charge is 2.27. The summed E-state index contributed by atoms with van der Waals surface area (Å²) in [4.78, 5) is 4.30. The largest absolute Gasteiger partial charge is 0.245 e. The van der Waals surface area contributed by atoms with E-state index in [1.54, 1.807) is 32.1 Å². The van der Waals surface area contributed by atoms with Gasteiger partial charge in [0.05, 0.1) is 26.2 Å². The molecule has 0 unspecified atom stereocenters. The van der Waals surface area contributed by atoms with E-state index in [-0.39, 0.29) is 0 Å². The highest BCUT2D eigenvalue weighted by atomic mass is 32.2. The normalized spacial score (nSPS) is 12.8. The summed E-state index contributed by atoms with van der Waals surface area (Å²) in [5.41, 5.74) is 4.34. The molecule has 0 fully saturated rings. The molecule has 1 aromatic carbocycles. The average Bonchev–Trinajstić information content (AvgIpc) is 2.92. The van der Waals surface area contributed by atoms with Crippen molar-refractivity contribution in [2.75, 3.05) is 5.75 Å². The monoisotopic (exact) mass is 353 g/mol. The zero-order valence-electron chi connectivity index (χ0n) is 14.3. The Bertz CT molecular complexity index is 727. The van der Waals surface area contributed by atoms with Crippen LogP contribution in [-0.4, -0.2) is 23.9 Å². The van der Waals surface area contributed by atoms with Crippen molar-refractivity contribution in [3.05, 3.63) is 29.3 Å². The number of aryl methyl sites for hydroxylation is 1. The van der Waals surface area contributed by atoms with E-state index in [1.807, 2.05) is 5.51 Å². The molecular formula is C18H27NO2S2. The summed E-state index contributed by atoms with van der Waals surface area (Å²) in [7, 11) is -2.95. The first-order chi connectivity index (χ1) is 10.8. The molecular weight excluding hydrogens is 326 g/mol. The lowest BCUT2D eigenvalue weighted by atomic mass is 10.1. The minimum atomic E-state index is -2.95. The first-order valence-corrected chi connectivity index (χ1v) is 10.9. The van der Waals surface area contributed by atoms with Gasteiger partial charge in [-0.3, -0.25) is 0 Å². The van der Waals surface area contributed by atoms with E-state index in [2.05, 4.69) is 23.2 Å². The molecule has 2 aromatic rings. The fraction of sp³-hybridized carbons (Fsp3) is 0.611. The fourth-order valence-electron chi connectivity index (χ4n) is 2.51. The van der Waals surface area contributed by atoms with Gasteiger partial charge in [-0.2, -0.15) is 0 Å². The van der Waals surface area contributed by atoms with Gasteiger partial charge >= 0.3 is 0 Å². The third kappa shape index (κ3) is 5.28. The Morgan fingerprint density at radius 1 is 1.04 bits per heavy atom. The van der Waals surface area contributed by atoms with Crippen LogP contribution in [0, 0.1) is 0 Å². The highest BCUT2D eigenvalue weighted by Crippen LogP contribution is 2.21. The molecule has 0 bridgehead atoms. The molecule has 0 saturated heterocycles. The minimum absolute atomic E-state index is 0.318. The van der Waals surface area contributed by atoms with E-state index in [0.717, 1.165) is 44.0 Å². The topological polar surface area (TPSA) is 47.0 Å². The van der Waals surface area contributed by atoms with Gasteiger partial charge in [0.2, 0.25) is 0 Å². The van der Waals surface area contributed by atoms with E-state index < -0.39 is 14.6 Å². The van der Waals surface area contributed by atoms with Crippen molar-refractivity contribution in [3.8, 4) is 0 Å². The second-order valence-corrected chi connectivity index (χ2v) is 10.9. The van der Waals surface area contributed by atoms with Crippen LogP contribution in [-0.2, 0) is 16.3 Å². The number of aromatic nitrogens is 1. The van der Waals surface area contributed by atoms with Crippen LogP contribution >= 0.6 is 11.3 Å². The van der Waals surface area contributed by atoms with Crippen molar-refractivity contribution in [1.29, 1.82) is 0 Å².